The molecule has 0 aromatic heterocycles. The smallest absolute Gasteiger partial charge is 0.345 e. The fourth-order valence-corrected chi connectivity index (χ4v) is 4.39. The first-order valence-corrected chi connectivity index (χ1v) is 10.2. The Hall–Kier alpha value is -3.27. The number of fused-ring (bicyclic) bond motifs is 1. The number of nitrogens with zero attached hydrogens (tertiary/aromatic N) is 2. The monoisotopic (exact) mass is 446 g/mol. The fraction of sp³-hybridized carbons (Fsp3) is 0.333. The highest BCUT2D eigenvalue weighted by molar-refractivity contribution is 8.18. The Balaban J connectivity index is 2.25. The molecule has 164 valence electrons. The van der Waals surface area contributed by atoms with Crippen molar-refractivity contribution in [3.05, 3.63) is 46.0 Å². The number of methoxy groups -OCH3 is 3. The number of rotatable bonds is 6. The van der Waals surface area contributed by atoms with Gasteiger partial charge in [0, 0.05) is 11.6 Å². The minimum atomic E-state index is -0.896. The highest BCUT2D eigenvalue weighted by Crippen LogP contribution is 2.46. The van der Waals surface area contributed by atoms with E-state index < -0.39 is 23.9 Å². The number of amides is 1. The summed E-state index contributed by atoms with van der Waals surface area (Å²) in [5.41, 5.74) is 1.08. The number of carbonyl (C=O) groups is 3. The van der Waals surface area contributed by atoms with Crippen LogP contribution in [0.25, 0.3) is 0 Å². The van der Waals surface area contributed by atoms with Gasteiger partial charge in [0.2, 0.25) is 0 Å². The van der Waals surface area contributed by atoms with Crippen LogP contribution in [0.5, 0.6) is 11.5 Å². The van der Waals surface area contributed by atoms with Crippen molar-refractivity contribution in [1.29, 1.82) is 0 Å². The van der Waals surface area contributed by atoms with E-state index in [2.05, 4.69) is 4.99 Å². The number of carbonyl (C=O) groups excluding carboxylic acids is 3. The van der Waals surface area contributed by atoms with E-state index in [0.29, 0.717) is 22.8 Å². The van der Waals surface area contributed by atoms with Crippen LogP contribution in [0.2, 0.25) is 0 Å². The number of thioether (sulfide) groups is 1. The van der Waals surface area contributed by atoms with Gasteiger partial charge in [-0.15, -0.1) is 0 Å². The summed E-state index contributed by atoms with van der Waals surface area (Å²) in [5.74, 6) is -0.964. The number of hydrogen-bond acceptors (Lipinski definition) is 9. The van der Waals surface area contributed by atoms with Gasteiger partial charge >= 0.3 is 11.9 Å². The number of allylic oxidation sites excluding steroid dienone is 1. The molecule has 0 N–H and O–H groups in total. The Labute approximate surface area is 183 Å². The van der Waals surface area contributed by atoms with Crippen LogP contribution in [0.15, 0.2) is 45.4 Å². The van der Waals surface area contributed by atoms with Gasteiger partial charge in [-0.05, 0) is 31.7 Å². The Morgan fingerprint density at radius 1 is 1.16 bits per heavy atom. The second kappa shape index (κ2) is 9.25. The summed E-state index contributed by atoms with van der Waals surface area (Å²) in [5, 5.41) is 0.244. The molecule has 2 heterocycles. The molecule has 31 heavy (non-hydrogen) atoms. The third kappa shape index (κ3) is 4.02. The van der Waals surface area contributed by atoms with E-state index in [4.69, 9.17) is 18.9 Å². The topological polar surface area (TPSA) is 104 Å². The summed E-state index contributed by atoms with van der Waals surface area (Å²) in [6.07, 6.45) is 1.17. The van der Waals surface area contributed by atoms with E-state index in [0.717, 1.165) is 11.8 Å². The quantitative estimate of drug-likeness (QED) is 0.614. The molecule has 0 unspecified atom stereocenters. The number of hydrogen-bond donors (Lipinski definition) is 0. The summed E-state index contributed by atoms with van der Waals surface area (Å²) in [4.78, 5) is 43.9. The average Bonchev–Trinajstić information content (AvgIpc) is 2.76. The van der Waals surface area contributed by atoms with Crippen molar-refractivity contribution in [3.63, 3.8) is 0 Å². The zero-order valence-electron chi connectivity index (χ0n) is 17.8. The molecule has 0 saturated heterocycles. The van der Waals surface area contributed by atoms with Gasteiger partial charge in [0.25, 0.3) is 5.91 Å². The van der Waals surface area contributed by atoms with Crippen LogP contribution in [0.4, 0.5) is 0 Å². The number of ether oxygens (including phenoxy) is 4. The van der Waals surface area contributed by atoms with E-state index in [1.165, 1.54) is 32.3 Å². The van der Waals surface area contributed by atoms with Crippen LogP contribution in [-0.2, 0) is 23.9 Å². The van der Waals surface area contributed by atoms with Gasteiger partial charge in [-0.1, -0.05) is 12.1 Å². The number of amidine groups is 1. The van der Waals surface area contributed by atoms with Crippen molar-refractivity contribution in [2.24, 2.45) is 4.99 Å². The lowest BCUT2D eigenvalue weighted by Crippen LogP contribution is -2.45. The summed E-state index contributed by atoms with van der Waals surface area (Å²) < 4.78 is 20.9. The lowest BCUT2D eigenvalue weighted by Gasteiger charge is -2.38. The molecule has 1 aromatic rings. The molecule has 0 fully saturated rings. The minimum absolute atomic E-state index is 0.103. The second-order valence-electron chi connectivity index (χ2n) is 6.41. The molecule has 3 rings (SSSR count). The Morgan fingerprint density at radius 2 is 1.90 bits per heavy atom. The zero-order chi connectivity index (χ0) is 22.7. The van der Waals surface area contributed by atoms with Gasteiger partial charge in [-0.2, -0.15) is 0 Å². The Bertz CT molecular complexity index is 1030. The maximum Gasteiger partial charge on any atom is 0.345 e. The predicted molar refractivity (Wildman–Crippen MR) is 114 cm³/mol. The molecule has 0 spiro atoms. The molecule has 0 radical (unpaired) electrons. The lowest BCUT2D eigenvalue weighted by molar-refractivity contribution is -0.140. The van der Waals surface area contributed by atoms with Crippen molar-refractivity contribution in [1.82, 2.24) is 4.90 Å². The molecule has 9 nitrogen and oxygen atoms in total. The van der Waals surface area contributed by atoms with Crippen LogP contribution in [0, 0.1) is 0 Å². The number of esters is 2. The van der Waals surface area contributed by atoms with E-state index in [-0.39, 0.29) is 22.3 Å². The molecule has 1 amide bonds. The van der Waals surface area contributed by atoms with E-state index >= 15 is 0 Å². The Kier molecular flexibility index (Phi) is 6.69. The highest BCUT2D eigenvalue weighted by Gasteiger charge is 2.44. The molecule has 0 saturated carbocycles. The number of aliphatic imine (C=N–C) groups is 1. The first-order valence-electron chi connectivity index (χ1n) is 9.36. The molecule has 10 heteroatoms. The first kappa shape index (κ1) is 22.4. The van der Waals surface area contributed by atoms with Gasteiger partial charge in [0.05, 0.1) is 39.2 Å². The lowest BCUT2D eigenvalue weighted by atomic mass is 9.93. The van der Waals surface area contributed by atoms with Crippen molar-refractivity contribution in [2.45, 2.75) is 19.9 Å². The second-order valence-corrected chi connectivity index (χ2v) is 7.42. The van der Waals surface area contributed by atoms with Crippen LogP contribution in [0.1, 0.15) is 25.5 Å². The number of para-hydroxylation sites is 1. The molecule has 0 aliphatic carbocycles. The van der Waals surface area contributed by atoms with Crippen LogP contribution >= 0.6 is 11.8 Å². The van der Waals surface area contributed by atoms with E-state index in [9.17, 15) is 14.4 Å². The maximum absolute atomic E-state index is 13.1. The van der Waals surface area contributed by atoms with Crippen molar-refractivity contribution < 1.29 is 33.3 Å². The molecule has 1 atom stereocenters. The average molecular weight is 446 g/mol. The predicted octanol–water partition coefficient (Wildman–Crippen LogP) is 2.58. The summed E-state index contributed by atoms with van der Waals surface area (Å²) in [6, 6.07) is 4.28. The molecular weight excluding hydrogens is 424 g/mol. The van der Waals surface area contributed by atoms with Crippen molar-refractivity contribution in [2.75, 3.05) is 27.9 Å². The van der Waals surface area contributed by atoms with Crippen molar-refractivity contribution >= 4 is 34.8 Å². The SMILES string of the molecule is CCOC(=O)C1=C(C)N=C2SC(C(=O)OC)=CC(=O)N2[C@@H]1c1cccc(OC)c1OC. The van der Waals surface area contributed by atoms with E-state index in [1.807, 2.05) is 0 Å². The van der Waals surface area contributed by atoms with Gasteiger partial charge < -0.3 is 18.9 Å². The number of benzene rings is 1. The zero-order valence-corrected chi connectivity index (χ0v) is 18.6. The summed E-state index contributed by atoms with van der Waals surface area (Å²) >= 11 is 0.988. The molecule has 0 bridgehead atoms. The van der Waals surface area contributed by atoms with Gasteiger partial charge in [0.15, 0.2) is 16.7 Å². The minimum Gasteiger partial charge on any atom is -0.493 e. The fourth-order valence-electron chi connectivity index (χ4n) is 3.39. The third-order valence-electron chi connectivity index (χ3n) is 4.69. The van der Waals surface area contributed by atoms with Crippen LogP contribution in [0.3, 0.4) is 0 Å². The Morgan fingerprint density at radius 3 is 2.52 bits per heavy atom. The normalized spacial score (nSPS) is 18.0. The summed E-state index contributed by atoms with van der Waals surface area (Å²) in [7, 11) is 4.20. The first-order chi connectivity index (χ1) is 14.9. The maximum atomic E-state index is 13.1. The highest BCUT2D eigenvalue weighted by atomic mass is 32.2. The molecule has 2 aliphatic rings. The largest absolute Gasteiger partial charge is 0.493 e. The standard InChI is InChI=1S/C21H22N2O7S/c1-6-30-20(26)16-11(2)22-21-23(15(24)10-14(31-21)19(25)29-5)17(16)12-8-7-9-13(27-3)18(12)28-4/h7-10,17H,6H2,1-5H3/t17-/m1/s1. The summed E-state index contributed by atoms with van der Waals surface area (Å²) in [6.45, 7) is 3.50. The molecule has 1 aromatic carbocycles. The van der Waals surface area contributed by atoms with Crippen LogP contribution in [-0.4, -0.2) is 55.8 Å². The molecule has 2 aliphatic heterocycles. The third-order valence-corrected chi connectivity index (χ3v) is 5.67. The van der Waals surface area contributed by atoms with Gasteiger partial charge in [-0.3, -0.25) is 9.69 Å². The van der Waals surface area contributed by atoms with Gasteiger partial charge in [0.1, 0.15) is 10.9 Å². The molecular formula is C21H22N2O7S. The van der Waals surface area contributed by atoms with Crippen LogP contribution < -0.4 is 9.47 Å². The van der Waals surface area contributed by atoms with Crippen molar-refractivity contribution in [3.8, 4) is 11.5 Å². The van der Waals surface area contributed by atoms with Gasteiger partial charge in [-0.25, -0.2) is 14.6 Å². The van der Waals surface area contributed by atoms with E-state index in [1.54, 1.807) is 32.0 Å².